The van der Waals surface area contributed by atoms with E-state index < -0.39 is 17.8 Å². The molecule has 4 saturated carbocycles. The third-order valence-corrected chi connectivity index (χ3v) is 15.0. The highest BCUT2D eigenvalue weighted by Gasteiger charge is 2.70. The zero-order valence-corrected chi connectivity index (χ0v) is 29.5. The maximum absolute atomic E-state index is 13.3. The van der Waals surface area contributed by atoms with Crippen molar-refractivity contribution in [3.63, 3.8) is 0 Å². The van der Waals surface area contributed by atoms with Crippen LogP contribution in [0.3, 0.4) is 0 Å². The molecule has 2 N–H and O–H groups in total. The molecule has 9 atom stereocenters. The van der Waals surface area contributed by atoms with Crippen LogP contribution in [0.1, 0.15) is 115 Å². The van der Waals surface area contributed by atoms with Gasteiger partial charge in [0.2, 0.25) is 0 Å². The minimum absolute atomic E-state index is 0.0295. The summed E-state index contributed by atoms with van der Waals surface area (Å²) < 4.78 is 0. The number of carboxylic acid groups (broad SMARTS) is 1. The van der Waals surface area contributed by atoms with E-state index >= 15 is 0 Å². The average Bonchev–Trinajstić information content (AvgIpc) is 3.36. The summed E-state index contributed by atoms with van der Waals surface area (Å²) in [5.41, 5.74) is 4.14. The molecule has 0 bridgehead atoms. The molecule has 5 aliphatic carbocycles. The zero-order chi connectivity index (χ0) is 33.6. The van der Waals surface area contributed by atoms with Crippen LogP contribution in [0.2, 0.25) is 0 Å². The molecular weight excluding hydrogens is 572 g/mol. The molecule has 0 saturated heterocycles. The molecule has 6 rings (SSSR count). The van der Waals surface area contributed by atoms with E-state index in [2.05, 4.69) is 59.5 Å². The molecule has 250 valence electrons. The van der Waals surface area contributed by atoms with Crippen molar-refractivity contribution in [2.45, 2.75) is 105 Å². The number of aromatic carboxylic acids is 1. The number of rotatable bonds is 4. The van der Waals surface area contributed by atoms with Crippen LogP contribution in [0, 0.1) is 51.2 Å². The minimum Gasteiger partial charge on any atom is -0.478 e. The fourth-order valence-corrected chi connectivity index (χ4v) is 12.7. The Balaban J connectivity index is 1.34. The highest BCUT2D eigenvalue weighted by Crippen LogP contribution is 2.76. The van der Waals surface area contributed by atoms with E-state index in [1.54, 1.807) is 26.2 Å². The minimum atomic E-state index is -0.886. The standard InChI is InChI=1S/C40H56N2O4/c1-24(2)27-16-21-40(41-33(43)34(44)42(8)9)23-22-38(6)29(32(27)40)14-15-31-37(5)19-17-28(25-10-12-26(13-11-25)35(45)46)36(3,4)30(37)18-20-39(31,38)7/h10-13,17,27,29-32H,1,14-16,18-23H2,2-9H3,(H,41,43)(H,45,46). The zero-order valence-electron chi connectivity index (χ0n) is 29.5. The van der Waals surface area contributed by atoms with Crippen LogP contribution < -0.4 is 5.32 Å². The maximum Gasteiger partial charge on any atom is 0.335 e. The number of allylic oxidation sites excluding steroid dienone is 3. The SMILES string of the molecule is C=C(C)C1CCC2(NC(=O)C(=O)N(C)C)CCC3(C)C(CCC4C5(C)CC=C(c6ccc(C(=O)O)cc6)C(C)(C)C5CCC43C)C12. The molecule has 0 spiro atoms. The van der Waals surface area contributed by atoms with Crippen LogP contribution in [-0.2, 0) is 9.59 Å². The van der Waals surface area contributed by atoms with E-state index in [0.717, 1.165) is 44.1 Å². The van der Waals surface area contributed by atoms with Crippen molar-refractivity contribution in [1.82, 2.24) is 10.2 Å². The average molecular weight is 629 g/mol. The Labute approximate surface area is 276 Å². The van der Waals surface area contributed by atoms with Crippen molar-refractivity contribution in [3.05, 3.63) is 53.6 Å². The quantitative estimate of drug-likeness (QED) is 0.261. The molecule has 46 heavy (non-hydrogen) atoms. The molecule has 1 aromatic carbocycles. The number of hydrogen-bond acceptors (Lipinski definition) is 3. The molecular formula is C40H56N2O4. The van der Waals surface area contributed by atoms with Gasteiger partial charge in [-0.2, -0.15) is 0 Å². The molecule has 9 unspecified atom stereocenters. The van der Waals surface area contributed by atoms with Crippen LogP contribution in [0.5, 0.6) is 0 Å². The summed E-state index contributed by atoms with van der Waals surface area (Å²) in [6, 6.07) is 7.48. The molecule has 1 aromatic rings. The maximum atomic E-state index is 13.3. The number of carbonyl (C=O) groups is 3. The van der Waals surface area contributed by atoms with Crippen molar-refractivity contribution in [3.8, 4) is 0 Å². The Hall–Kier alpha value is -2.89. The van der Waals surface area contributed by atoms with Crippen molar-refractivity contribution in [2.75, 3.05) is 14.1 Å². The molecule has 6 heteroatoms. The van der Waals surface area contributed by atoms with Gasteiger partial charge in [0, 0.05) is 19.6 Å². The second-order valence-corrected chi connectivity index (χ2v) is 17.4. The fraction of sp³-hybridized carbons (Fsp3) is 0.675. The van der Waals surface area contributed by atoms with Gasteiger partial charge in [0.1, 0.15) is 0 Å². The number of fused-ring (bicyclic) bond motifs is 7. The Morgan fingerprint density at radius 1 is 0.870 bits per heavy atom. The fourth-order valence-electron chi connectivity index (χ4n) is 12.7. The van der Waals surface area contributed by atoms with Crippen LogP contribution in [0.15, 0.2) is 42.5 Å². The van der Waals surface area contributed by atoms with Crippen molar-refractivity contribution >= 4 is 23.4 Å². The second kappa shape index (κ2) is 10.8. The summed E-state index contributed by atoms with van der Waals surface area (Å²) in [4.78, 5) is 38.9. The smallest absolute Gasteiger partial charge is 0.335 e. The molecule has 4 fully saturated rings. The van der Waals surface area contributed by atoms with E-state index in [1.807, 2.05) is 12.1 Å². The molecule has 0 aliphatic heterocycles. The van der Waals surface area contributed by atoms with Gasteiger partial charge in [-0.15, -0.1) is 0 Å². The third-order valence-electron chi connectivity index (χ3n) is 15.0. The lowest BCUT2D eigenvalue weighted by Gasteiger charge is -2.72. The number of carboxylic acids is 1. The number of amides is 2. The van der Waals surface area contributed by atoms with Crippen LogP contribution in [0.25, 0.3) is 5.57 Å². The molecule has 0 heterocycles. The van der Waals surface area contributed by atoms with Crippen LogP contribution in [0.4, 0.5) is 0 Å². The predicted octanol–water partition coefficient (Wildman–Crippen LogP) is 7.99. The first-order valence-electron chi connectivity index (χ1n) is 17.7. The number of nitrogens with zero attached hydrogens (tertiary/aromatic N) is 1. The first-order valence-corrected chi connectivity index (χ1v) is 17.7. The van der Waals surface area contributed by atoms with Gasteiger partial charge in [0.25, 0.3) is 0 Å². The van der Waals surface area contributed by atoms with Gasteiger partial charge in [-0.05, 0) is 139 Å². The van der Waals surface area contributed by atoms with E-state index in [1.165, 1.54) is 35.3 Å². The van der Waals surface area contributed by atoms with E-state index in [9.17, 15) is 19.5 Å². The first-order chi connectivity index (χ1) is 21.4. The Morgan fingerprint density at radius 3 is 2.15 bits per heavy atom. The van der Waals surface area contributed by atoms with Crippen LogP contribution >= 0.6 is 0 Å². The summed E-state index contributed by atoms with van der Waals surface area (Å²) in [6.07, 6.45) is 12.2. The van der Waals surface area contributed by atoms with E-state index in [4.69, 9.17) is 0 Å². The monoisotopic (exact) mass is 628 g/mol. The molecule has 5 aliphatic rings. The van der Waals surface area contributed by atoms with Gasteiger partial charge >= 0.3 is 17.8 Å². The Morgan fingerprint density at radius 2 is 1.54 bits per heavy atom. The van der Waals surface area contributed by atoms with Gasteiger partial charge in [0.15, 0.2) is 0 Å². The van der Waals surface area contributed by atoms with Crippen LogP contribution in [-0.4, -0.2) is 47.4 Å². The Kier molecular flexibility index (Phi) is 7.77. The lowest BCUT2D eigenvalue weighted by molar-refractivity contribution is -0.219. The van der Waals surface area contributed by atoms with Gasteiger partial charge in [0.05, 0.1) is 5.56 Å². The van der Waals surface area contributed by atoms with Gasteiger partial charge < -0.3 is 15.3 Å². The van der Waals surface area contributed by atoms with E-state index in [-0.39, 0.29) is 27.2 Å². The number of benzene rings is 1. The highest BCUT2D eigenvalue weighted by molar-refractivity contribution is 6.35. The Bertz CT molecular complexity index is 1490. The summed E-state index contributed by atoms with van der Waals surface area (Å²) >= 11 is 0. The largest absolute Gasteiger partial charge is 0.478 e. The lowest BCUT2D eigenvalue weighted by Crippen LogP contribution is -2.68. The van der Waals surface area contributed by atoms with Gasteiger partial charge in [-0.25, -0.2) is 4.79 Å². The van der Waals surface area contributed by atoms with Crippen molar-refractivity contribution < 1.29 is 19.5 Å². The van der Waals surface area contributed by atoms with Crippen molar-refractivity contribution in [2.24, 2.45) is 51.2 Å². The summed E-state index contributed by atoms with van der Waals surface area (Å²) in [5.74, 6) is 0.442. The number of nitrogens with one attached hydrogen (secondary N) is 1. The molecule has 6 nitrogen and oxygen atoms in total. The lowest BCUT2D eigenvalue weighted by atomic mass is 9.33. The predicted molar refractivity (Wildman–Crippen MR) is 183 cm³/mol. The highest BCUT2D eigenvalue weighted by atomic mass is 16.4. The second-order valence-electron chi connectivity index (χ2n) is 17.4. The number of likely N-dealkylation sites (N-methyl/N-ethyl adjacent to an activating group) is 1. The summed E-state index contributed by atoms with van der Waals surface area (Å²) in [6.45, 7) is 19.3. The normalized spacial score (nSPS) is 40.7. The van der Waals surface area contributed by atoms with Crippen molar-refractivity contribution in [1.29, 1.82) is 0 Å². The molecule has 0 aromatic heterocycles. The summed E-state index contributed by atoms with van der Waals surface area (Å²) in [5, 5.41) is 12.8. The summed E-state index contributed by atoms with van der Waals surface area (Å²) in [7, 11) is 3.30. The first kappa shape index (κ1) is 33.0. The number of hydrogen-bond donors (Lipinski definition) is 2. The third kappa shape index (κ3) is 4.51. The van der Waals surface area contributed by atoms with Gasteiger partial charge in [-0.1, -0.05) is 65.0 Å². The van der Waals surface area contributed by atoms with E-state index in [0.29, 0.717) is 35.2 Å². The van der Waals surface area contributed by atoms with Gasteiger partial charge in [-0.3, -0.25) is 9.59 Å². The molecule has 0 radical (unpaired) electrons. The molecule has 2 amide bonds. The topological polar surface area (TPSA) is 86.7 Å². The number of carbonyl (C=O) groups excluding carboxylic acids is 2.